The van der Waals surface area contributed by atoms with Crippen molar-refractivity contribution in [3.8, 4) is 5.75 Å². The molecule has 0 aliphatic carbocycles. The van der Waals surface area contributed by atoms with Crippen LogP contribution in [0.25, 0.3) is 0 Å². The van der Waals surface area contributed by atoms with E-state index in [2.05, 4.69) is 10.6 Å². The van der Waals surface area contributed by atoms with E-state index in [0.29, 0.717) is 17.1 Å². The molecule has 0 saturated carbocycles. The molecule has 23 heavy (non-hydrogen) atoms. The predicted molar refractivity (Wildman–Crippen MR) is 90.8 cm³/mol. The van der Waals surface area contributed by atoms with Crippen molar-refractivity contribution in [1.29, 1.82) is 0 Å². The highest BCUT2D eigenvalue weighted by atomic mass is 16.5. The standard InChI is InChI=1S/C18H20N2O3/c1-12-4-9-17(10-13(12)2)23-11-18(22)20-16-7-5-15(6-8-16)19-14(3)21/h4-10H,11H2,1-3H3,(H,19,21)(H,20,22). The van der Waals surface area contributed by atoms with E-state index in [4.69, 9.17) is 4.74 Å². The Kier molecular flexibility index (Phi) is 5.36. The summed E-state index contributed by atoms with van der Waals surface area (Å²) < 4.78 is 5.48. The van der Waals surface area contributed by atoms with E-state index in [1.54, 1.807) is 24.3 Å². The second kappa shape index (κ2) is 7.45. The number of hydrogen-bond donors (Lipinski definition) is 2. The summed E-state index contributed by atoms with van der Waals surface area (Å²) in [5.41, 5.74) is 3.63. The molecule has 2 amide bonds. The van der Waals surface area contributed by atoms with E-state index in [-0.39, 0.29) is 18.4 Å². The molecule has 0 aliphatic rings. The molecule has 0 saturated heterocycles. The van der Waals surface area contributed by atoms with Gasteiger partial charge < -0.3 is 15.4 Å². The molecular weight excluding hydrogens is 292 g/mol. The van der Waals surface area contributed by atoms with Crippen LogP contribution in [-0.4, -0.2) is 18.4 Å². The number of ether oxygens (including phenoxy) is 1. The van der Waals surface area contributed by atoms with E-state index < -0.39 is 0 Å². The fraction of sp³-hybridized carbons (Fsp3) is 0.222. The van der Waals surface area contributed by atoms with Gasteiger partial charge in [0.2, 0.25) is 5.91 Å². The SMILES string of the molecule is CC(=O)Nc1ccc(NC(=O)COc2ccc(C)c(C)c2)cc1. The number of benzene rings is 2. The third kappa shape index (κ3) is 5.14. The van der Waals surface area contributed by atoms with Crippen LogP contribution in [0.3, 0.4) is 0 Å². The van der Waals surface area contributed by atoms with E-state index in [0.717, 1.165) is 5.56 Å². The van der Waals surface area contributed by atoms with Crippen LogP contribution in [0.15, 0.2) is 42.5 Å². The van der Waals surface area contributed by atoms with Crippen molar-refractivity contribution in [3.63, 3.8) is 0 Å². The van der Waals surface area contributed by atoms with Crippen LogP contribution in [0.5, 0.6) is 5.75 Å². The molecule has 0 heterocycles. The number of hydrogen-bond acceptors (Lipinski definition) is 3. The summed E-state index contributed by atoms with van der Waals surface area (Å²) in [5, 5.41) is 5.41. The summed E-state index contributed by atoms with van der Waals surface area (Å²) in [6.45, 7) is 5.41. The first kappa shape index (κ1) is 16.5. The topological polar surface area (TPSA) is 67.4 Å². The van der Waals surface area contributed by atoms with Crippen LogP contribution in [0.2, 0.25) is 0 Å². The van der Waals surface area contributed by atoms with E-state index in [1.807, 2.05) is 32.0 Å². The molecule has 0 bridgehead atoms. The number of carbonyl (C=O) groups is 2. The summed E-state index contributed by atoms with van der Waals surface area (Å²) in [4.78, 5) is 22.8. The zero-order chi connectivity index (χ0) is 16.8. The molecule has 0 radical (unpaired) electrons. The molecule has 0 unspecified atom stereocenters. The molecule has 0 spiro atoms. The van der Waals surface area contributed by atoms with E-state index in [1.165, 1.54) is 12.5 Å². The largest absolute Gasteiger partial charge is 0.484 e. The number of anilines is 2. The van der Waals surface area contributed by atoms with Crippen molar-refractivity contribution in [3.05, 3.63) is 53.6 Å². The highest BCUT2D eigenvalue weighted by Crippen LogP contribution is 2.17. The number of aryl methyl sites for hydroxylation is 2. The van der Waals surface area contributed by atoms with Crippen LogP contribution < -0.4 is 15.4 Å². The molecule has 5 nitrogen and oxygen atoms in total. The molecule has 2 aromatic carbocycles. The minimum absolute atomic E-state index is 0.0596. The second-order valence-corrected chi connectivity index (χ2v) is 5.34. The van der Waals surface area contributed by atoms with Crippen LogP contribution in [0.4, 0.5) is 11.4 Å². The zero-order valence-corrected chi connectivity index (χ0v) is 13.5. The van der Waals surface area contributed by atoms with Crippen molar-refractivity contribution >= 4 is 23.2 Å². The number of rotatable bonds is 5. The Morgan fingerprint density at radius 1 is 0.913 bits per heavy atom. The van der Waals surface area contributed by atoms with Gasteiger partial charge in [-0.2, -0.15) is 0 Å². The molecule has 0 fully saturated rings. The van der Waals surface area contributed by atoms with Crippen molar-refractivity contribution in [2.24, 2.45) is 0 Å². The van der Waals surface area contributed by atoms with Gasteiger partial charge in [-0.15, -0.1) is 0 Å². The van der Waals surface area contributed by atoms with Gasteiger partial charge in [-0.3, -0.25) is 9.59 Å². The predicted octanol–water partition coefficient (Wildman–Crippen LogP) is 3.28. The second-order valence-electron chi connectivity index (χ2n) is 5.34. The molecule has 0 aromatic heterocycles. The van der Waals surface area contributed by atoms with Gasteiger partial charge in [0.1, 0.15) is 5.75 Å². The maximum absolute atomic E-state index is 11.9. The Hall–Kier alpha value is -2.82. The highest BCUT2D eigenvalue weighted by Gasteiger charge is 2.05. The van der Waals surface area contributed by atoms with Crippen molar-refractivity contribution in [1.82, 2.24) is 0 Å². The molecule has 120 valence electrons. The van der Waals surface area contributed by atoms with Crippen LogP contribution in [0.1, 0.15) is 18.1 Å². The smallest absolute Gasteiger partial charge is 0.262 e. The molecule has 0 aliphatic heterocycles. The normalized spacial score (nSPS) is 10.0. The maximum Gasteiger partial charge on any atom is 0.262 e. The Morgan fingerprint density at radius 3 is 2.09 bits per heavy atom. The summed E-state index contributed by atoms with van der Waals surface area (Å²) in [5.74, 6) is 0.295. The van der Waals surface area contributed by atoms with Crippen molar-refractivity contribution < 1.29 is 14.3 Å². The third-order valence-corrected chi connectivity index (χ3v) is 3.34. The Balaban J connectivity index is 1.86. The number of amides is 2. The van der Waals surface area contributed by atoms with Gasteiger partial charge in [0.15, 0.2) is 6.61 Å². The zero-order valence-electron chi connectivity index (χ0n) is 13.5. The Morgan fingerprint density at radius 2 is 1.52 bits per heavy atom. The molecule has 2 aromatic rings. The number of nitrogens with one attached hydrogen (secondary N) is 2. The third-order valence-electron chi connectivity index (χ3n) is 3.34. The maximum atomic E-state index is 11.9. The number of carbonyl (C=O) groups excluding carboxylic acids is 2. The van der Waals surface area contributed by atoms with Gasteiger partial charge in [-0.1, -0.05) is 6.07 Å². The first-order valence-corrected chi connectivity index (χ1v) is 7.31. The van der Waals surface area contributed by atoms with Gasteiger partial charge in [0.25, 0.3) is 5.91 Å². The van der Waals surface area contributed by atoms with Crippen molar-refractivity contribution in [2.75, 3.05) is 17.2 Å². The lowest BCUT2D eigenvalue weighted by atomic mass is 10.1. The summed E-state index contributed by atoms with van der Waals surface area (Å²) in [6, 6.07) is 12.6. The summed E-state index contributed by atoms with van der Waals surface area (Å²) in [7, 11) is 0. The first-order chi connectivity index (χ1) is 10.9. The molecule has 5 heteroatoms. The fourth-order valence-electron chi connectivity index (χ4n) is 1.99. The van der Waals surface area contributed by atoms with E-state index in [9.17, 15) is 9.59 Å². The van der Waals surface area contributed by atoms with Gasteiger partial charge in [-0.05, 0) is 61.4 Å². The van der Waals surface area contributed by atoms with Gasteiger partial charge in [0.05, 0.1) is 0 Å². The lowest BCUT2D eigenvalue weighted by molar-refractivity contribution is -0.118. The first-order valence-electron chi connectivity index (χ1n) is 7.31. The quantitative estimate of drug-likeness (QED) is 0.890. The van der Waals surface area contributed by atoms with Gasteiger partial charge in [-0.25, -0.2) is 0 Å². The Bertz CT molecular complexity index is 709. The fourth-order valence-corrected chi connectivity index (χ4v) is 1.99. The molecule has 2 rings (SSSR count). The average molecular weight is 312 g/mol. The average Bonchev–Trinajstić information content (AvgIpc) is 2.50. The van der Waals surface area contributed by atoms with E-state index >= 15 is 0 Å². The van der Waals surface area contributed by atoms with Gasteiger partial charge in [0, 0.05) is 18.3 Å². The van der Waals surface area contributed by atoms with Crippen LogP contribution in [0, 0.1) is 13.8 Å². The van der Waals surface area contributed by atoms with Crippen LogP contribution in [-0.2, 0) is 9.59 Å². The molecular formula is C18H20N2O3. The molecule has 2 N–H and O–H groups in total. The monoisotopic (exact) mass is 312 g/mol. The minimum atomic E-state index is -0.240. The summed E-state index contributed by atoms with van der Waals surface area (Å²) >= 11 is 0. The summed E-state index contributed by atoms with van der Waals surface area (Å²) in [6.07, 6.45) is 0. The highest BCUT2D eigenvalue weighted by molar-refractivity contribution is 5.93. The lowest BCUT2D eigenvalue weighted by Gasteiger charge is -2.09. The molecule has 0 atom stereocenters. The van der Waals surface area contributed by atoms with Crippen molar-refractivity contribution in [2.45, 2.75) is 20.8 Å². The van der Waals surface area contributed by atoms with Crippen LogP contribution >= 0.6 is 0 Å². The lowest BCUT2D eigenvalue weighted by Crippen LogP contribution is -2.20. The minimum Gasteiger partial charge on any atom is -0.484 e. The van der Waals surface area contributed by atoms with Gasteiger partial charge >= 0.3 is 0 Å². The Labute approximate surface area is 135 Å².